The van der Waals surface area contributed by atoms with Crippen LogP contribution in [0.25, 0.3) is 0 Å². The molecule has 6 nitrogen and oxygen atoms in total. The predicted molar refractivity (Wildman–Crippen MR) is 71.3 cm³/mol. The van der Waals surface area contributed by atoms with Gasteiger partial charge in [-0.05, 0) is 19.9 Å². The minimum absolute atomic E-state index is 0.354. The SMILES string of the molecule is COCCCNCC(C)S(=O)(=O)CC(=O)N(C)C. The summed E-state index contributed by atoms with van der Waals surface area (Å²) in [6.07, 6.45) is 0.833. The third-order valence-electron chi connectivity index (χ3n) is 2.57. The second-order valence-corrected chi connectivity index (χ2v) is 6.88. The van der Waals surface area contributed by atoms with Crippen LogP contribution >= 0.6 is 0 Å². The van der Waals surface area contributed by atoms with Gasteiger partial charge in [-0.3, -0.25) is 4.79 Å². The fraction of sp³-hybridized carbons (Fsp3) is 0.909. The molecule has 0 radical (unpaired) electrons. The summed E-state index contributed by atoms with van der Waals surface area (Å²) in [6, 6.07) is 0. The van der Waals surface area contributed by atoms with Gasteiger partial charge in [-0.2, -0.15) is 0 Å². The third kappa shape index (κ3) is 6.93. The Morgan fingerprint density at radius 3 is 2.50 bits per heavy atom. The van der Waals surface area contributed by atoms with Gasteiger partial charge in [-0.1, -0.05) is 0 Å². The van der Waals surface area contributed by atoms with Gasteiger partial charge in [-0.15, -0.1) is 0 Å². The topological polar surface area (TPSA) is 75.7 Å². The van der Waals surface area contributed by atoms with E-state index in [1.54, 1.807) is 28.1 Å². The van der Waals surface area contributed by atoms with Crippen molar-refractivity contribution in [3.8, 4) is 0 Å². The second kappa shape index (κ2) is 8.44. The standard InChI is InChI=1S/C11H24N2O4S/c1-10(8-12-6-5-7-17-4)18(15,16)9-11(14)13(2)3/h10,12H,5-9H2,1-4H3. The van der Waals surface area contributed by atoms with Gasteiger partial charge in [0, 0.05) is 34.4 Å². The van der Waals surface area contributed by atoms with E-state index in [2.05, 4.69) is 5.32 Å². The van der Waals surface area contributed by atoms with E-state index >= 15 is 0 Å². The van der Waals surface area contributed by atoms with Crippen molar-refractivity contribution < 1.29 is 17.9 Å². The number of methoxy groups -OCH3 is 1. The molecule has 1 amide bonds. The zero-order valence-electron chi connectivity index (χ0n) is 11.6. The van der Waals surface area contributed by atoms with Crippen molar-refractivity contribution in [3.05, 3.63) is 0 Å². The Hall–Kier alpha value is -0.660. The Labute approximate surface area is 110 Å². The molecule has 1 N–H and O–H groups in total. The summed E-state index contributed by atoms with van der Waals surface area (Å²) >= 11 is 0. The second-order valence-electron chi connectivity index (χ2n) is 4.46. The smallest absolute Gasteiger partial charge is 0.237 e. The highest BCUT2D eigenvalue weighted by Crippen LogP contribution is 2.02. The Balaban J connectivity index is 4.07. The van der Waals surface area contributed by atoms with E-state index < -0.39 is 20.8 Å². The maximum absolute atomic E-state index is 11.9. The lowest BCUT2D eigenvalue weighted by molar-refractivity contribution is -0.125. The van der Waals surface area contributed by atoms with Crippen LogP contribution in [0.15, 0.2) is 0 Å². The summed E-state index contributed by atoms with van der Waals surface area (Å²) in [5.41, 5.74) is 0. The van der Waals surface area contributed by atoms with Crippen molar-refractivity contribution in [1.82, 2.24) is 10.2 Å². The van der Waals surface area contributed by atoms with Gasteiger partial charge in [0.2, 0.25) is 5.91 Å². The molecule has 0 aromatic carbocycles. The molecule has 0 saturated carbocycles. The molecular formula is C11H24N2O4S. The zero-order chi connectivity index (χ0) is 14.2. The number of sulfone groups is 1. The lowest BCUT2D eigenvalue weighted by Gasteiger charge is -2.15. The van der Waals surface area contributed by atoms with Crippen LogP contribution in [0.3, 0.4) is 0 Å². The van der Waals surface area contributed by atoms with E-state index in [0.29, 0.717) is 19.7 Å². The summed E-state index contributed by atoms with van der Waals surface area (Å²) in [7, 11) is 1.34. The van der Waals surface area contributed by atoms with Crippen LogP contribution in [0, 0.1) is 0 Å². The van der Waals surface area contributed by atoms with Crippen LogP contribution in [0.4, 0.5) is 0 Å². The normalized spacial score (nSPS) is 13.3. The summed E-state index contributed by atoms with van der Waals surface area (Å²) in [6.45, 7) is 3.32. The fourth-order valence-electron chi connectivity index (χ4n) is 1.22. The highest BCUT2D eigenvalue weighted by molar-refractivity contribution is 7.92. The lowest BCUT2D eigenvalue weighted by atomic mass is 10.4. The number of nitrogens with zero attached hydrogens (tertiary/aromatic N) is 1. The first-order valence-corrected chi connectivity index (χ1v) is 7.64. The maximum Gasteiger partial charge on any atom is 0.237 e. The molecule has 0 rings (SSSR count). The Morgan fingerprint density at radius 1 is 1.39 bits per heavy atom. The van der Waals surface area contributed by atoms with Gasteiger partial charge < -0.3 is 15.0 Å². The van der Waals surface area contributed by atoms with Crippen LogP contribution in [0.5, 0.6) is 0 Å². The number of carbonyl (C=O) groups excluding carboxylic acids is 1. The molecule has 108 valence electrons. The van der Waals surface area contributed by atoms with Crippen LogP contribution < -0.4 is 5.32 Å². The Morgan fingerprint density at radius 2 is 2.00 bits per heavy atom. The Kier molecular flexibility index (Phi) is 8.13. The van der Waals surface area contributed by atoms with Crippen molar-refractivity contribution in [3.63, 3.8) is 0 Å². The number of amides is 1. The van der Waals surface area contributed by atoms with Crippen LogP contribution in [0.2, 0.25) is 0 Å². The molecule has 0 bridgehead atoms. The molecule has 0 aromatic heterocycles. The number of carbonyl (C=O) groups is 1. The summed E-state index contributed by atoms with van der Waals surface area (Å²) < 4.78 is 28.6. The van der Waals surface area contributed by atoms with Gasteiger partial charge in [0.15, 0.2) is 9.84 Å². The molecule has 1 atom stereocenters. The lowest BCUT2D eigenvalue weighted by Crippen LogP contribution is -2.38. The molecule has 0 heterocycles. The highest BCUT2D eigenvalue weighted by Gasteiger charge is 2.24. The minimum Gasteiger partial charge on any atom is -0.385 e. The monoisotopic (exact) mass is 280 g/mol. The summed E-state index contributed by atoms with van der Waals surface area (Å²) in [5, 5.41) is 2.48. The molecule has 7 heteroatoms. The number of hydrogen-bond acceptors (Lipinski definition) is 5. The first-order chi connectivity index (χ1) is 8.31. The number of nitrogens with one attached hydrogen (secondary N) is 1. The average molecular weight is 280 g/mol. The van der Waals surface area contributed by atoms with E-state index in [1.807, 2.05) is 0 Å². The summed E-state index contributed by atoms with van der Waals surface area (Å²) in [4.78, 5) is 12.7. The molecule has 18 heavy (non-hydrogen) atoms. The van der Waals surface area contributed by atoms with Crippen molar-refractivity contribution >= 4 is 15.7 Å². The van der Waals surface area contributed by atoms with Crippen molar-refractivity contribution in [1.29, 1.82) is 0 Å². The molecule has 0 fully saturated rings. The van der Waals surface area contributed by atoms with E-state index in [-0.39, 0.29) is 5.91 Å². The Bertz CT molecular complexity index is 341. The van der Waals surface area contributed by atoms with Crippen molar-refractivity contribution in [2.24, 2.45) is 0 Å². The van der Waals surface area contributed by atoms with Crippen LogP contribution in [-0.4, -0.2) is 71.1 Å². The number of hydrogen-bond donors (Lipinski definition) is 1. The quantitative estimate of drug-likeness (QED) is 0.577. The fourth-order valence-corrected chi connectivity index (χ4v) is 2.48. The molecule has 1 unspecified atom stereocenters. The largest absolute Gasteiger partial charge is 0.385 e. The molecule has 0 aliphatic carbocycles. The number of rotatable bonds is 9. The van der Waals surface area contributed by atoms with Gasteiger partial charge in [-0.25, -0.2) is 8.42 Å². The van der Waals surface area contributed by atoms with E-state index in [9.17, 15) is 13.2 Å². The maximum atomic E-state index is 11.9. The average Bonchev–Trinajstić information content (AvgIpc) is 2.27. The summed E-state index contributed by atoms with van der Waals surface area (Å²) in [5.74, 6) is -0.817. The third-order valence-corrected chi connectivity index (χ3v) is 4.61. The van der Waals surface area contributed by atoms with Crippen molar-refractivity contribution in [2.75, 3.05) is 46.7 Å². The predicted octanol–water partition coefficient (Wildman–Crippen LogP) is -0.496. The zero-order valence-corrected chi connectivity index (χ0v) is 12.4. The van der Waals surface area contributed by atoms with E-state index in [0.717, 1.165) is 6.42 Å². The molecule has 0 saturated heterocycles. The van der Waals surface area contributed by atoms with Crippen LogP contribution in [-0.2, 0) is 19.4 Å². The molecule has 0 aromatic rings. The molecule has 0 aliphatic heterocycles. The first kappa shape index (κ1) is 17.3. The van der Waals surface area contributed by atoms with Crippen LogP contribution in [0.1, 0.15) is 13.3 Å². The van der Waals surface area contributed by atoms with Gasteiger partial charge in [0.05, 0.1) is 5.25 Å². The van der Waals surface area contributed by atoms with Gasteiger partial charge in [0.1, 0.15) is 5.75 Å². The molecular weight excluding hydrogens is 256 g/mol. The number of ether oxygens (including phenoxy) is 1. The van der Waals surface area contributed by atoms with Crippen molar-refractivity contribution in [2.45, 2.75) is 18.6 Å². The van der Waals surface area contributed by atoms with Gasteiger partial charge in [0.25, 0.3) is 0 Å². The van der Waals surface area contributed by atoms with Gasteiger partial charge >= 0.3 is 0 Å². The first-order valence-electron chi connectivity index (χ1n) is 5.92. The van der Waals surface area contributed by atoms with E-state index in [1.165, 1.54) is 4.90 Å². The minimum atomic E-state index is -3.38. The molecule has 0 aliphatic rings. The molecule has 0 spiro atoms. The highest BCUT2D eigenvalue weighted by atomic mass is 32.2. The van der Waals surface area contributed by atoms with E-state index in [4.69, 9.17) is 4.74 Å².